The van der Waals surface area contributed by atoms with E-state index in [9.17, 15) is 0 Å². The van der Waals surface area contributed by atoms with E-state index in [-0.39, 0.29) is 0 Å². The van der Waals surface area contributed by atoms with Crippen molar-refractivity contribution in [2.75, 3.05) is 44.8 Å². The van der Waals surface area contributed by atoms with Gasteiger partial charge in [0.25, 0.3) is 0 Å². The second kappa shape index (κ2) is 8.17. The van der Waals surface area contributed by atoms with Gasteiger partial charge < -0.3 is 0 Å². The summed E-state index contributed by atoms with van der Waals surface area (Å²) in [5.41, 5.74) is 0. The maximum atomic E-state index is 6.14. The van der Waals surface area contributed by atoms with Crippen LogP contribution in [0.25, 0.3) is 0 Å². The van der Waals surface area contributed by atoms with Gasteiger partial charge in [-0.2, -0.15) is 0 Å². The van der Waals surface area contributed by atoms with Crippen molar-refractivity contribution in [3.8, 4) is 0 Å². The topological polar surface area (TPSA) is 30.9 Å². The van der Waals surface area contributed by atoms with E-state index in [1.54, 1.807) is 0 Å². The zero-order valence-corrected chi connectivity index (χ0v) is 17.8. The molecule has 3 aliphatic rings. The zero-order chi connectivity index (χ0) is 14.5. The molecule has 3 fully saturated rings. The Bertz CT molecular complexity index is 273. The van der Waals surface area contributed by atoms with Gasteiger partial charge in [0.2, 0.25) is 0 Å². The molecule has 0 radical (unpaired) electrons. The van der Waals surface area contributed by atoms with Crippen LogP contribution in [0.2, 0.25) is 13.3 Å². The van der Waals surface area contributed by atoms with Crippen LogP contribution in [0.3, 0.4) is 0 Å². The fraction of sp³-hybridized carbons (Fsp3) is 1.00. The fourth-order valence-corrected chi connectivity index (χ4v) is 29.8. The van der Waals surface area contributed by atoms with Gasteiger partial charge in [-0.1, -0.05) is 0 Å². The van der Waals surface area contributed by atoms with Crippen LogP contribution < -0.4 is 0 Å². The van der Waals surface area contributed by atoms with Crippen LogP contribution in [-0.4, -0.2) is 75.5 Å². The molecule has 0 aromatic rings. The molecule has 3 saturated heterocycles. The van der Waals surface area contributed by atoms with Crippen LogP contribution in [0.4, 0.5) is 0 Å². The fourth-order valence-electron chi connectivity index (χ4n) is 2.87. The van der Waals surface area contributed by atoms with E-state index < -0.39 is 25.8 Å². The van der Waals surface area contributed by atoms with Gasteiger partial charge >= 0.3 is 132 Å². The van der Waals surface area contributed by atoms with Gasteiger partial charge in [0.05, 0.1) is 0 Å². The number of nitrogens with zero attached hydrogens (tertiary/aromatic N) is 1. The molecule has 0 aromatic heterocycles. The van der Waals surface area contributed by atoms with E-state index in [2.05, 4.69) is 34.6 Å². The molecule has 0 saturated carbocycles. The van der Waals surface area contributed by atoms with Crippen LogP contribution >= 0.6 is 8.95 Å². The van der Waals surface area contributed by atoms with Crippen LogP contribution in [-0.2, 0) is 13.3 Å². The molecule has 0 atom stereocenters. The van der Waals surface area contributed by atoms with Gasteiger partial charge in [0.15, 0.2) is 0 Å². The Hall–Kier alpha value is 1.21. The molecule has 0 aromatic carbocycles. The summed E-state index contributed by atoms with van der Waals surface area (Å²) in [5.74, 6) is 0. The van der Waals surface area contributed by atoms with E-state index >= 15 is 0 Å². The van der Waals surface area contributed by atoms with Crippen molar-refractivity contribution in [3.63, 3.8) is 0 Å². The molecular weight excluding hydrogens is 397 g/mol. The Kier molecular flexibility index (Phi) is 7.17. The summed E-state index contributed by atoms with van der Waals surface area (Å²) < 4.78 is 22.6. The summed E-state index contributed by atoms with van der Waals surface area (Å²) in [4.78, 5) is 2.37. The molecule has 118 valence electrons. The van der Waals surface area contributed by atoms with Crippen LogP contribution in [0.1, 0.15) is 20.8 Å². The van der Waals surface area contributed by atoms with E-state index in [1.165, 1.54) is 13.3 Å². The second-order valence-corrected chi connectivity index (χ2v) is 30.4. The Morgan fingerprint density at radius 2 is 1.35 bits per heavy atom. The third kappa shape index (κ3) is 4.36. The monoisotopic (exact) mass is 427 g/mol. The predicted molar refractivity (Wildman–Crippen MR) is 89.7 cm³/mol. The van der Waals surface area contributed by atoms with Gasteiger partial charge in [-0.05, 0) is 0 Å². The summed E-state index contributed by atoms with van der Waals surface area (Å²) in [7, 11) is -0.166. The van der Waals surface area contributed by atoms with Gasteiger partial charge in [-0.25, -0.2) is 0 Å². The first-order valence-corrected chi connectivity index (χ1v) is 20.4. The molecule has 0 aliphatic carbocycles. The minimum absolute atomic E-state index is 0.777. The number of fused-ring (bicyclic) bond motifs is 6. The Morgan fingerprint density at radius 1 is 0.900 bits per heavy atom. The summed E-state index contributed by atoms with van der Waals surface area (Å²) >= 11 is -1.99. The average molecular weight is 426 g/mol. The predicted octanol–water partition coefficient (Wildman–Crippen LogP) is 2.58. The number of hydrogen-bond donors (Lipinski definition) is 0. The summed E-state index contributed by atoms with van der Waals surface area (Å²) in [6, 6.07) is 0. The molecule has 3 heterocycles. The van der Waals surface area contributed by atoms with Crippen molar-refractivity contribution in [1.82, 2.24) is 4.90 Å². The van der Waals surface area contributed by atoms with Crippen molar-refractivity contribution in [2.24, 2.45) is 0 Å². The first-order valence-electron chi connectivity index (χ1n) is 7.96. The molecule has 0 N–H and O–H groups in total. The van der Waals surface area contributed by atoms with E-state index in [4.69, 9.17) is 13.3 Å². The first kappa shape index (κ1) is 17.6. The molecule has 0 amide bonds. The third-order valence-electron chi connectivity index (χ3n) is 4.68. The van der Waals surface area contributed by atoms with Gasteiger partial charge in [-0.3, -0.25) is 0 Å². The van der Waals surface area contributed by atoms with E-state index in [0.717, 1.165) is 44.8 Å². The number of rotatable bonds is 6. The maximum absolute atomic E-state index is 6.14. The van der Waals surface area contributed by atoms with Crippen molar-refractivity contribution in [2.45, 2.75) is 34.1 Å². The standard InChI is InChI=1S/C7H15NO3SSi.3C2H5.Sn/c12-7-13-9-4-1-8(2-5-10-13)3-6-11-13;3*1-2;/h12H,1-7H2;3*1H2,2H3;/q;;;;+1/p-1. The minimum atomic E-state index is -2.40. The third-order valence-corrected chi connectivity index (χ3v) is 35.0. The molecule has 3 aliphatic heterocycles. The van der Waals surface area contributed by atoms with Crippen molar-refractivity contribution in [3.05, 3.63) is 0 Å². The van der Waals surface area contributed by atoms with E-state index in [1.807, 2.05) is 0 Å². The Balaban J connectivity index is 2.00. The van der Waals surface area contributed by atoms with Crippen LogP contribution in [0.5, 0.6) is 0 Å². The van der Waals surface area contributed by atoms with Crippen LogP contribution in [0.15, 0.2) is 0 Å². The van der Waals surface area contributed by atoms with Crippen LogP contribution in [0, 0.1) is 0 Å². The van der Waals surface area contributed by atoms with Crippen molar-refractivity contribution < 1.29 is 13.3 Å². The summed E-state index contributed by atoms with van der Waals surface area (Å²) in [6.45, 7) is 12.6. The van der Waals surface area contributed by atoms with E-state index in [0.29, 0.717) is 0 Å². The van der Waals surface area contributed by atoms with Gasteiger partial charge in [0.1, 0.15) is 0 Å². The summed E-state index contributed by atoms with van der Waals surface area (Å²) in [6.07, 6.45) is 0. The average Bonchev–Trinajstić information content (AvgIpc) is 2.41. The van der Waals surface area contributed by atoms with Crippen molar-refractivity contribution in [1.29, 1.82) is 0 Å². The Labute approximate surface area is 131 Å². The van der Waals surface area contributed by atoms with Gasteiger partial charge in [0, 0.05) is 0 Å². The molecule has 20 heavy (non-hydrogen) atoms. The second-order valence-electron chi connectivity index (χ2n) is 5.60. The molecule has 2 bridgehead atoms. The molecular formula is C13H29NO3SSiSn. The van der Waals surface area contributed by atoms with Crippen molar-refractivity contribution >= 4 is 34.7 Å². The molecule has 4 nitrogen and oxygen atoms in total. The normalized spacial score (nSPS) is 31.6. The molecule has 7 heteroatoms. The molecule has 3 rings (SSSR count). The molecule has 0 unspecified atom stereocenters. The first-order chi connectivity index (χ1) is 9.67. The van der Waals surface area contributed by atoms with Gasteiger partial charge in [-0.15, -0.1) is 0 Å². The number of hydrogen-bond acceptors (Lipinski definition) is 5. The SMILES string of the molecule is C[CH2][Sn]([CH2]C)([CH2]C)[S]C[Si]12OCCN(CCO1)CCO2. The summed E-state index contributed by atoms with van der Waals surface area (Å²) in [5, 5.41) is 0.999. The quantitative estimate of drug-likeness (QED) is 0.610. The zero-order valence-electron chi connectivity index (χ0n) is 13.2. The Morgan fingerprint density at radius 3 is 1.75 bits per heavy atom. The molecule has 0 spiro atoms.